The molecule has 46 heavy (non-hydrogen) atoms. The van der Waals surface area contributed by atoms with E-state index in [9.17, 15) is 0 Å². The highest BCUT2D eigenvalue weighted by Crippen LogP contribution is 2.15. The van der Waals surface area contributed by atoms with E-state index >= 15 is 0 Å². The van der Waals surface area contributed by atoms with Crippen molar-refractivity contribution in [1.29, 1.82) is 0 Å². The van der Waals surface area contributed by atoms with Gasteiger partial charge in [0, 0.05) is 0 Å². The predicted molar refractivity (Wildman–Crippen MR) is 178 cm³/mol. The van der Waals surface area contributed by atoms with Gasteiger partial charge in [-0.2, -0.15) is 0 Å². The highest BCUT2D eigenvalue weighted by molar-refractivity contribution is 5.27. The van der Waals surface area contributed by atoms with Crippen LogP contribution in [0, 0.1) is 0 Å². The van der Waals surface area contributed by atoms with Crippen LogP contribution in [-0.4, -0.2) is 137 Å². The molecule has 0 aromatic heterocycles. The molecule has 270 valence electrons. The van der Waals surface area contributed by atoms with Crippen LogP contribution in [0.5, 0.6) is 5.75 Å². The number of ether oxygens (including phenoxy) is 10. The molecule has 0 saturated carbocycles. The first-order valence-electron chi connectivity index (χ1n) is 17.4. The molecule has 0 aliphatic rings. The smallest absolute Gasteiger partial charge is 0.119 e. The second kappa shape index (κ2) is 36.5. The van der Waals surface area contributed by atoms with Gasteiger partial charge in [-0.3, -0.25) is 0 Å². The maximum atomic E-state index is 8.58. The fourth-order valence-corrected chi connectivity index (χ4v) is 4.18. The van der Waals surface area contributed by atoms with Crippen molar-refractivity contribution in [3.05, 3.63) is 29.8 Å². The summed E-state index contributed by atoms with van der Waals surface area (Å²) in [6.07, 6.45) is 10.5. The van der Waals surface area contributed by atoms with Gasteiger partial charge in [0.25, 0.3) is 0 Å². The van der Waals surface area contributed by atoms with Gasteiger partial charge in [-0.05, 0) is 30.5 Å². The molecule has 0 heterocycles. The van der Waals surface area contributed by atoms with Crippen LogP contribution in [0.25, 0.3) is 0 Å². The summed E-state index contributed by atoms with van der Waals surface area (Å²) in [7, 11) is 0. The van der Waals surface area contributed by atoms with Gasteiger partial charge in [0.05, 0.1) is 126 Å². The first-order chi connectivity index (χ1) is 22.9. The van der Waals surface area contributed by atoms with Crippen LogP contribution < -0.4 is 4.74 Å². The first kappa shape index (κ1) is 42.6. The summed E-state index contributed by atoms with van der Waals surface area (Å²) in [5.74, 6) is 0.886. The number of unbranched alkanes of at least 4 members (excludes halogenated alkanes) is 6. The quantitative estimate of drug-likeness (QED) is 0.101. The lowest BCUT2D eigenvalue weighted by atomic mass is 10.0. The van der Waals surface area contributed by atoms with Crippen molar-refractivity contribution < 1.29 is 52.5 Å². The molecule has 0 unspecified atom stereocenters. The molecule has 0 atom stereocenters. The molecule has 1 rings (SSSR count). The summed E-state index contributed by atoms with van der Waals surface area (Å²) in [6, 6.07) is 8.45. The average molecular weight is 661 g/mol. The van der Waals surface area contributed by atoms with Gasteiger partial charge in [-0.1, -0.05) is 57.6 Å². The highest BCUT2D eigenvalue weighted by atomic mass is 16.6. The number of aliphatic hydroxyl groups excluding tert-OH is 1. The topological polar surface area (TPSA) is 113 Å². The minimum Gasteiger partial charge on any atom is -0.491 e. The lowest BCUT2D eigenvalue weighted by Gasteiger charge is -2.09. The number of hydrogen-bond donors (Lipinski definition) is 1. The van der Waals surface area contributed by atoms with Gasteiger partial charge in [-0.15, -0.1) is 0 Å². The molecular formula is C35H64O11. The number of aliphatic hydroxyl groups is 1. The summed E-state index contributed by atoms with van der Waals surface area (Å²) < 4.78 is 54.6. The third-order valence-electron chi connectivity index (χ3n) is 6.70. The number of hydrogen-bond acceptors (Lipinski definition) is 11. The summed E-state index contributed by atoms with van der Waals surface area (Å²) in [4.78, 5) is 0. The second-order valence-corrected chi connectivity index (χ2v) is 10.6. The Bertz CT molecular complexity index is 708. The number of rotatable bonds is 38. The molecular weight excluding hydrogens is 596 g/mol. The molecule has 1 aromatic carbocycles. The molecule has 1 aromatic rings. The van der Waals surface area contributed by atoms with Gasteiger partial charge < -0.3 is 52.5 Å². The van der Waals surface area contributed by atoms with E-state index in [1.165, 1.54) is 50.5 Å². The van der Waals surface area contributed by atoms with E-state index in [0.29, 0.717) is 126 Å². The van der Waals surface area contributed by atoms with Crippen LogP contribution in [0.2, 0.25) is 0 Å². The maximum absolute atomic E-state index is 8.58. The summed E-state index contributed by atoms with van der Waals surface area (Å²) in [6.45, 7) is 11.9. The lowest BCUT2D eigenvalue weighted by molar-refractivity contribution is -0.0258. The Hall–Kier alpha value is -1.38. The van der Waals surface area contributed by atoms with Crippen molar-refractivity contribution in [2.24, 2.45) is 0 Å². The van der Waals surface area contributed by atoms with Crippen molar-refractivity contribution in [1.82, 2.24) is 0 Å². The van der Waals surface area contributed by atoms with Crippen LogP contribution in [0.1, 0.15) is 57.4 Å². The van der Waals surface area contributed by atoms with E-state index in [0.717, 1.165) is 12.2 Å². The minimum absolute atomic E-state index is 0.0281. The average Bonchev–Trinajstić information content (AvgIpc) is 3.07. The molecule has 0 aliphatic carbocycles. The Labute approximate surface area is 278 Å². The maximum Gasteiger partial charge on any atom is 0.119 e. The Balaban J connectivity index is 1.71. The van der Waals surface area contributed by atoms with Gasteiger partial charge in [-0.25, -0.2) is 0 Å². The van der Waals surface area contributed by atoms with E-state index in [1.807, 2.05) is 0 Å². The monoisotopic (exact) mass is 660 g/mol. The molecule has 0 saturated heterocycles. The van der Waals surface area contributed by atoms with Crippen LogP contribution in [-0.2, 0) is 49.1 Å². The molecule has 0 aliphatic heterocycles. The largest absolute Gasteiger partial charge is 0.491 e. The normalized spacial score (nSPS) is 11.4. The number of aryl methyl sites for hydroxylation is 1. The third-order valence-corrected chi connectivity index (χ3v) is 6.70. The number of benzene rings is 1. The first-order valence-corrected chi connectivity index (χ1v) is 17.4. The fraction of sp³-hybridized carbons (Fsp3) is 0.829. The van der Waals surface area contributed by atoms with E-state index < -0.39 is 0 Å². The van der Waals surface area contributed by atoms with E-state index in [4.69, 9.17) is 52.5 Å². The van der Waals surface area contributed by atoms with Gasteiger partial charge in [0.15, 0.2) is 0 Å². The minimum atomic E-state index is 0.0281. The molecule has 0 fully saturated rings. The highest BCUT2D eigenvalue weighted by Gasteiger charge is 1.99. The zero-order chi connectivity index (χ0) is 32.9. The second-order valence-electron chi connectivity index (χ2n) is 10.6. The molecule has 0 bridgehead atoms. The van der Waals surface area contributed by atoms with Crippen molar-refractivity contribution in [3.63, 3.8) is 0 Å². The zero-order valence-corrected chi connectivity index (χ0v) is 28.6. The standard InChI is InChI=1S/C35H64O11/c1-2-3-4-5-6-7-8-9-34-10-12-35(13-11-34)46-33-32-45-31-30-44-29-28-43-27-26-42-25-24-41-23-22-40-21-20-39-19-18-38-17-16-37-15-14-36/h10-13,36H,2-9,14-33H2,1H3. The van der Waals surface area contributed by atoms with Crippen LogP contribution in [0.3, 0.4) is 0 Å². The Morgan fingerprint density at radius 2 is 0.717 bits per heavy atom. The van der Waals surface area contributed by atoms with E-state index in [2.05, 4.69) is 31.2 Å². The molecule has 0 amide bonds. The fourth-order valence-electron chi connectivity index (χ4n) is 4.18. The van der Waals surface area contributed by atoms with Gasteiger partial charge in [0.1, 0.15) is 12.4 Å². The molecule has 11 heteroatoms. The van der Waals surface area contributed by atoms with Crippen LogP contribution in [0.4, 0.5) is 0 Å². The third kappa shape index (κ3) is 31.2. The summed E-state index contributed by atoms with van der Waals surface area (Å²) >= 11 is 0. The van der Waals surface area contributed by atoms with Crippen molar-refractivity contribution in [2.75, 3.05) is 132 Å². The summed E-state index contributed by atoms with van der Waals surface area (Å²) in [5.41, 5.74) is 1.38. The summed E-state index contributed by atoms with van der Waals surface area (Å²) in [5, 5.41) is 8.58. The Morgan fingerprint density at radius 3 is 1.09 bits per heavy atom. The van der Waals surface area contributed by atoms with Crippen molar-refractivity contribution >= 4 is 0 Å². The molecule has 1 N–H and O–H groups in total. The molecule has 11 nitrogen and oxygen atoms in total. The molecule has 0 spiro atoms. The lowest BCUT2D eigenvalue weighted by Crippen LogP contribution is -2.15. The predicted octanol–water partition coefficient (Wildman–Crippen LogP) is 4.50. The Morgan fingerprint density at radius 1 is 0.391 bits per heavy atom. The van der Waals surface area contributed by atoms with Crippen LogP contribution >= 0.6 is 0 Å². The molecule has 0 radical (unpaired) electrons. The van der Waals surface area contributed by atoms with E-state index in [-0.39, 0.29) is 6.61 Å². The van der Waals surface area contributed by atoms with Crippen molar-refractivity contribution in [2.45, 2.75) is 58.3 Å². The van der Waals surface area contributed by atoms with Gasteiger partial charge in [0.2, 0.25) is 0 Å². The zero-order valence-electron chi connectivity index (χ0n) is 28.6. The van der Waals surface area contributed by atoms with E-state index in [1.54, 1.807) is 0 Å². The van der Waals surface area contributed by atoms with Gasteiger partial charge >= 0.3 is 0 Å². The van der Waals surface area contributed by atoms with Crippen LogP contribution in [0.15, 0.2) is 24.3 Å². The SMILES string of the molecule is CCCCCCCCCc1ccc(OCCOCCOCCOCCOCCOCCOCCOCCOCCOCCO)cc1. The van der Waals surface area contributed by atoms with Crippen molar-refractivity contribution in [3.8, 4) is 5.75 Å². The Kier molecular flexibility index (Phi) is 33.8.